The Morgan fingerprint density at radius 1 is 1.45 bits per heavy atom. The molecule has 1 amide bonds. The Hall–Kier alpha value is -1.30. The number of hydrogen-bond acceptors (Lipinski definition) is 8. The van der Waals surface area contributed by atoms with E-state index in [0.717, 1.165) is 14.0 Å². The summed E-state index contributed by atoms with van der Waals surface area (Å²) in [4.78, 5) is 22.6. The van der Waals surface area contributed by atoms with Crippen molar-refractivity contribution in [3.63, 3.8) is 0 Å². The van der Waals surface area contributed by atoms with Crippen molar-refractivity contribution in [2.75, 3.05) is 13.7 Å². The minimum absolute atomic E-state index is 0.498. The molecule has 128 valence electrons. The van der Waals surface area contributed by atoms with Crippen molar-refractivity contribution in [3.8, 4) is 0 Å². The van der Waals surface area contributed by atoms with Gasteiger partial charge in [0.1, 0.15) is 18.3 Å². The zero-order valence-electron chi connectivity index (χ0n) is 12.2. The Labute approximate surface area is 126 Å². The van der Waals surface area contributed by atoms with E-state index in [0.29, 0.717) is 0 Å². The number of ether oxygens (including phenoxy) is 2. The Morgan fingerprint density at radius 2 is 2.05 bits per heavy atom. The molecule has 10 heteroatoms. The second-order valence-electron chi connectivity index (χ2n) is 5.08. The Kier molecular flexibility index (Phi) is 6.23. The number of aliphatic hydroxyl groups is 4. The Morgan fingerprint density at radius 3 is 2.45 bits per heavy atom. The summed E-state index contributed by atoms with van der Waals surface area (Å²) in [6, 6.07) is -1.18. The number of rotatable bonds is 6. The van der Waals surface area contributed by atoms with E-state index in [9.17, 15) is 30.0 Å². The van der Waals surface area contributed by atoms with Crippen molar-refractivity contribution in [1.82, 2.24) is 5.32 Å². The van der Waals surface area contributed by atoms with Crippen molar-refractivity contribution < 1.29 is 44.6 Å². The molecule has 0 spiro atoms. The second-order valence-corrected chi connectivity index (χ2v) is 5.08. The Bertz CT molecular complexity index is 417. The number of aliphatic hydroxyl groups excluding tert-OH is 4. The zero-order chi connectivity index (χ0) is 17.1. The van der Waals surface area contributed by atoms with Crippen LogP contribution in [0.25, 0.3) is 0 Å². The molecule has 1 saturated heterocycles. The van der Waals surface area contributed by atoms with Crippen LogP contribution >= 0.6 is 0 Å². The lowest BCUT2D eigenvalue weighted by Gasteiger charge is -2.46. The number of hydrogen-bond donors (Lipinski definition) is 6. The molecule has 1 fully saturated rings. The largest absolute Gasteiger partial charge is 0.477 e. The van der Waals surface area contributed by atoms with Gasteiger partial charge in [0.25, 0.3) is 5.79 Å². The van der Waals surface area contributed by atoms with E-state index in [1.807, 2.05) is 0 Å². The molecule has 1 aliphatic rings. The summed E-state index contributed by atoms with van der Waals surface area (Å²) in [6.45, 7) is 0.338. The number of aliphatic carboxylic acids is 1. The summed E-state index contributed by atoms with van der Waals surface area (Å²) < 4.78 is 10.0. The number of methoxy groups -OCH3 is 1. The first-order valence-electron chi connectivity index (χ1n) is 6.57. The lowest BCUT2D eigenvalue weighted by Crippen LogP contribution is -2.67. The van der Waals surface area contributed by atoms with E-state index in [1.165, 1.54) is 0 Å². The molecule has 1 aliphatic heterocycles. The molecule has 0 saturated carbocycles. The third kappa shape index (κ3) is 3.72. The molecule has 6 N–H and O–H groups in total. The van der Waals surface area contributed by atoms with Crippen molar-refractivity contribution in [2.24, 2.45) is 0 Å². The summed E-state index contributed by atoms with van der Waals surface area (Å²) in [5.41, 5.74) is 0. The van der Waals surface area contributed by atoms with Gasteiger partial charge in [0.15, 0.2) is 0 Å². The fraction of sp³-hybridized carbons (Fsp3) is 0.833. The SMILES string of the molecule is CO[C@@]1(C(=O)O)C[C@H](O)[C@H](NC(C)=O)[C@H]([C@H](O)[C@@H](O)CO)O1. The van der Waals surface area contributed by atoms with E-state index >= 15 is 0 Å². The standard InChI is InChI=1S/C12H21NO9/c1-5(15)13-8-6(16)3-12(21-2,11(19)20)22-10(8)9(18)7(17)4-14/h6-10,14,16-18H,3-4H2,1-2H3,(H,13,15)(H,19,20)/t6-,7-,8-,9+,10+,12-/m0/s1. The lowest BCUT2D eigenvalue weighted by atomic mass is 9.88. The van der Waals surface area contributed by atoms with Gasteiger partial charge in [-0.3, -0.25) is 4.79 Å². The molecule has 1 rings (SSSR count). The molecule has 0 bridgehead atoms. The average Bonchev–Trinajstić information content (AvgIpc) is 2.46. The van der Waals surface area contributed by atoms with Gasteiger partial charge < -0.3 is 40.3 Å². The van der Waals surface area contributed by atoms with Crippen LogP contribution in [-0.4, -0.2) is 87.4 Å². The first-order chi connectivity index (χ1) is 10.2. The summed E-state index contributed by atoms with van der Waals surface area (Å²) in [6.07, 6.45) is -6.84. The topological polar surface area (TPSA) is 166 Å². The van der Waals surface area contributed by atoms with Gasteiger partial charge in [0.05, 0.1) is 18.8 Å². The molecule has 0 aromatic heterocycles. The molecule has 22 heavy (non-hydrogen) atoms. The normalized spacial score (nSPS) is 34.7. The average molecular weight is 323 g/mol. The molecule has 1 heterocycles. The van der Waals surface area contributed by atoms with Crippen molar-refractivity contribution in [2.45, 2.75) is 49.6 Å². The molecule has 6 atom stereocenters. The molecule has 10 nitrogen and oxygen atoms in total. The predicted molar refractivity (Wildman–Crippen MR) is 69.6 cm³/mol. The quantitative estimate of drug-likeness (QED) is 0.295. The first-order valence-corrected chi connectivity index (χ1v) is 6.57. The van der Waals surface area contributed by atoms with Crippen LogP contribution in [-0.2, 0) is 19.1 Å². The van der Waals surface area contributed by atoms with E-state index in [-0.39, 0.29) is 0 Å². The van der Waals surface area contributed by atoms with E-state index in [2.05, 4.69) is 5.32 Å². The van der Waals surface area contributed by atoms with Gasteiger partial charge in [0.2, 0.25) is 5.91 Å². The monoisotopic (exact) mass is 323 g/mol. The van der Waals surface area contributed by atoms with Gasteiger partial charge in [0, 0.05) is 20.5 Å². The van der Waals surface area contributed by atoms with Crippen LogP contribution in [0.4, 0.5) is 0 Å². The van der Waals surface area contributed by atoms with Crippen LogP contribution < -0.4 is 5.32 Å². The highest BCUT2D eigenvalue weighted by Gasteiger charge is 2.55. The van der Waals surface area contributed by atoms with Gasteiger partial charge in [-0.2, -0.15) is 0 Å². The van der Waals surface area contributed by atoms with Gasteiger partial charge >= 0.3 is 5.97 Å². The number of carboxylic acids is 1. The summed E-state index contributed by atoms with van der Waals surface area (Å²) in [5, 5.41) is 50.1. The Balaban J connectivity index is 3.14. The fourth-order valence-electron chi connectivity index (χ4n) is 2.34. The number of nitrogens with one attached hydrogen (secondary N) is 1. The number of carboxylic acid groups (broad SMARTS) is 1. The minimum atomic E-state index is -2.24. The van der Waals surface area contributed by atoms with Crippen molar-refractivity contribution in [3.05, 3.63) is 0 Å². The number of carbonyl (C=O) groups excluding carboxylic acids is 1. The van der Waals surface area contributed by atoms with Gasteiger partial charge in [-0.15, -0.1) is 0 Å². The molecule has 0 unspecified atom stereocenters. The van der Waals surface area contributed by atoms with Crippen LogP contribution in [0.2, 0.25) is 0 Å². The smallest absolute Gasteiger partial charge is 0.364 e. The van der Waals surface area contributed by atoms with Crippen molar-refractivity contribution in [1.29, 1.82) is 0 Å². The van der Waals surface area contributed by atoms with Crippen LogP contribution in [0, 0.1) is 0 Å². The fourth-order valence-corrected chi connectivity index (χ4v) is 2.34. The lowest BCUT2D eigenvalue weighted by molar-refractivity contribution is -0.303. The highest BCUT2D eigenvalue weighted by atomic mass is 16.7. The van der Waals surface area contributed by atoms with Crippen LogP contribution in [0.15, 0.2) is 0 Å². The number of amides is 1. The maximum absolute atomic E-state index is 11.3. The highest BCUT2D eigenvalue weighted by Crippen LogP contribution is 2.32. The highest BCUT2D eigenvalue weighted by molar-refractivity contribution is 5.76. The molecule has 0 aromatic carbocycles. The van der Waals surface area contributed by atoms with Crippen molar-refractivity contribution >= 4 is 11.9 Å². The van der Waals surface area contributed by atoms with E-state index < -0.39 is 61.1 Å². The number of carbonyl (C=O) groups is 2. The summed E-state index contributed by atoms with van der Waals surface area (Å²) in [5.74, 6) is -4.33. The molecule has 0 aromatic rings. The van der Waals surface area contributed by atoms with Gasteiger partial charge in [-0.25, -0.2) is 4.79 Å². The first kappa shape index (κ1) is 18.7. The summed E-state index contributed by atoms with van der Waals surface area (Å²) in [7, 11) is 1.05. The van der Waals surface area contributed by atoms with E-state index in [1.54, 1.807) is 0 Å². The zero-order valence-corrected chi connectivity index (χ0v) is 12.2. The van der Waals surface area contributed by atoms with Gasteiger partial charge in [-0.1, -0.05) is 0 Å². The maximum Gasteiger partial charge on any atom is 0.364 e. The van der Waals surface area contributed by atoms with Crippen LogP contribution in [0.5, 0.6) is 0 Å². The summed E-state index contributed by atoms with van der Waals surface area (Å²) >= 11 is 0. The van der Waals surface area contributed by atoms with E-state index in [4.69, 9.17) is 14.6 Å². The third-order valence-corrected chi connectivity index (χ3v) is 3.52. The molecular formula is C12H21NO9. The predicted octanol–water partition coefficient (Wildman–Crippen LogP) is -3.22. The molecule has 0 radical (unpaired) electrons. The third-order valence-electron chi connectivity index (χ3n) is 3.52. The minimum Gasteiger partial charge on any atom is -0.477 e. The van der Waals surface area contributed by atoms with Gasteiger partial charge in [-0.05, 0) is 0 Å². The van der Waals surface area contributed by atoms with Crippen LogP contribution in [0.1, 0.15) is 13.3 Å². The second kappa shape index (κ2) is 7.31. The molecule has 0 aliphatic carbocycles. The molecular weight excluding hydrogens is 302 g/mol. The van der Waals surface area contributed by atoms with Crippen LogP contribution in [0.3, 0.4) is 0 Å². The maximum atomic E-state index is 11.3.